The highest BCUT2D eigenvalue weighted by atomic mass is 19.4. The first-order valence-corrected chi connectivity index (χ1v) is 6.45. The molecule has 1 aromatic heterocycles. The highest BCUT2D eigenvalue weighted by Crippen LogP contribution is 2.32. The van der Waals surface area contributed by atoms with Crippen molar-refractivity contribution in [3.05, 3.63) is 41.7 Å². The minimum absolute atomic E-state index is 0.249. The van der Waals surface area contributed by atoms with Crippen LogP contribution in [0.4, 0.5) is 13.2 Å². The van der Waals surface area contributed by atoms with Gasteiger partial charge in [0.1, 0.15) is 11.4 Å². The third-order valence-electron chi connectivity index (χ3n) is 2.78. The summed E-state index contributed by atoms with van der Waals surface area (Å²) in [6.45, 7) is 2.59. The Balaban J connectivity index is 2.35. The summed E-state index contributed by atoms with van der Waals surface area (Å²) in [5.74, 6) is -0.249. The van der Waals surface area contributed by atoms with Crippen molar-refractivity contribution in [3.63, 3.8) is 0 Å². The maximum absolute atomic E-state index is 12.5. The first-order chi connectivity index (χ1) is 10.0. The third kappa shape index (κ3) is 4.19. The molecule has 0 aliphatic rings. The Morgan fingerprint density at radius 3 is 2.71 bits per heavy atom. The number of aromatic amines is 1. The van der Waals surface area contributed by atoms with Crippen LogP contribution in [0.25, 0.3) is 0 Å². The van der Waals surface area contributed by atoms with Gasteiger partial charge in [-0.25, -0.2) is 0 Å². The quantitative estimate of drug-likeness (QED) is 0.861. The largest absolute Gasteiger partial charge is 0.573 e. The van der Waals surface area contributed by atoms with Gasteiger partial charge in [-0.05, 0) is 19.0 Å². The van der Waals surface area contributed by atoms with Crippen LogP contribution in [0.2, 0.25) is 0 Å². The Morgan fingerprint density at radius 2 is 2.10 bits per heavy atom. The van der Waals surface area contributed by atoms with Crippen LogP contribution in [0, 0.1) is 0 Å². The van der Waals surface area contributed by atoms with Crippen LogP contribution in [-0.2, 0) is 0 Å². The van der Waals surface area contributed by atoms with Crippen molar-refractivity contribution >= 4 is 0 Å². The maximum atomic E-state index is 12.5. The SMILES string of the molecule is CCCNC(c1cn[nH]n1)c1ccccc1OC(F)(F)F. The number of nitrogens with one attached hydrogen (secondary N) is 2. The number of para-hydroxylation sites is 1. The zero-order chi connectivity index (χ0) is 15.3. The van der Waals surface area contributed by atoms with E-state index in [1.807, 2.05) is 6.92 Å². The standard InChI is InChI=1S/C13H15F3N4O/c1-2-7-17-12(10-8-18-20-19-10)9-5-3-4-6-11(9)21-13(14,15)16/h3-6,8,12,17H,2,7H2,1H3,(H,18,19,20). The molecule has 0 fully saturated rings. The van der Waals surface area contributed by atoms with Gasteiger partial charge >= 0.3 is 6.36 Å². The van der Waals surface area contributed by atoms with E-state index in [0.717, 1.165) is 6.42 Å². The molecule has 0 saturated heterocycles. The van der Waals surface area contributed by atoms with Crippen molar-refractivity contribution in [2.75, 3.05) is 6.54 Å². The molecule has 0 amide bonds. The molecular formula is C13H15F3N4O. The number of hydrogen-bond donors (Lipinski definition) is 2. The molecule has 114 valence electrons. The molecule has 2 aromatic rings. The van der Waals surface area contributed by atoms with E-state index in [0.29, 0.717) is 17.8 Å². The normalized spacial score (nSPS) is 13.1. The second kappa shape index (κ2) is 6.57. The first kappa shape index (κ1) is 15.3. The molecule has 0 aliphatic heterocycles. The predicted octanol–water partition coefficient (Wildman–Crippen LogP) is 2.79. The van der Waals surface area contributed by atoms with Crippen LogP contribution in [0.1, 0.15) is 30.6 Å². The lowest BCUT2D eigenvalue weighted by atomic mass is 10.0. The first-order valence-electron chi connectivity index (χ1n) is 6.45. The van der Waals surface area contributed by atoms with Gasteiger partial charge in [0.25, 0.3) is 0 Å². The molecule has 1 unspecified atom stereocenters. The fraction of sp³-hybridized carbons (Fsp3) is 0.385. The van der Waals surface area contributed by atoms with Crippen LogP contribution >= 0.6 is 0 Å². The van der Waals surface area contributed by atoms with E-state index < -0.39 is 12.4 Å². The lowest BCUT2D eigenvalue weighted by Gasteiger charge is -2.20. The van der Waals surface area contributed by atoms with Crippen LogP contribution in [-0.4, -0.2) is 28.3 Å². The highest BCUT2D eigenvalue weighted by molar-refractivity contribution is 5.39. The number of halogens is 3. The van der Waals surface area contributed by atoms with Crippen LogP contribution < -0.4 is 10.1 Å². The van der Waals surface area contributed by atoms with Crippen molar-refractivity contribution in [1.82, 2.24) is 20.7 Å². The molecule has 0 radical (unpaired) electrons. The molecular weight excluding hydrogens is 285 g/mol. The summed E-state index contributed by atoms with van der Waals surface area (Å²) in [7, 11) is 0. The molecule has 0 saturated carbocycles. The third-order valence-corrected chi connectivity index (χ3v) is 2.78. The molecule has 1 aromatic carbocycles. The molecule has 0 bridgehead atoms. The van der Waals surface area contributed by atoms with E-state index in [1.54, 1.807) is 12.1 Å². The summed E-state index contributed by atoms with van der Waals surface area (Å²) < 4.78 is 41.6. The summed E-state index contributed by atoms with van der Waals surface area (Å²) in [5.41, 5.74) is 0.860. The van der Waals surface area contributed by atoms with Crippen LogP contribution in [0.15, 0.2) is 30.5 Å². The summed E-state index contributed by atoms with van der Waals surface area (Å²) in [4.78, 5) is 0. The van der Waals surface area contributed by atoms with E-state index in [9.17, 15) is 13.2 Å². The van der Waals surface area contributed by atoms with Crippen molar-refractivity contribution in [2.24, 2.45) is 0 Å². The molecule has 2 N–H and O–H groups in total. The van der Waals surface area contributed by atoms with E-state index in [-0.39, 0.29) is 5.75 Å². The van der Waals surface area contributed by atoms with E-state index in [1.165, 1.54) is 18.3 Å². The summed E-state index contributed by atoms with van der Waals surface area (Å²) in [5, 5.41) is 13.3. The average Bonchev–Trinajstić information content (AvgIpc) is 2.93. The number of H-pyrrole nitrogens is 1. The van der Waals surface area contributed by atoms with Gasteiger partial charge in [0.05, 0.1) is 12.2 Å². The second-order valence-corrected chi connectivity index (χ2v) is 4.37. The molecule has 2 rings (SSSR count). The minimum Gasteiger partial charge on any atom is -0.405 e. The number of alkyl halides is 3. The van der Waals surface area contributed by atoms with E-state index in [4.69, 9.17) is 0 Å². The van der Waals surface area contributed by atoms with E-state index >= 15 is 0 Å². The topological polar surface area (TPSA) is 62.8 Å². The van der Waals surface area contributed by atoms with Crippen molar-refractivity contribution < 1.29 is 17.9 Å². The second-order valence-electron chi connectivity index (χ2n) is 4.37. The fourth-order valence-corrected chi connectivity index (χ4v) is 1.95. The number of hydrogen-bond acceptors (Lipinski definition) is 4. The van der Waals surface area contributed by atoms with Gasteiger partial charge in [-0.15, -0.1) is 13.2 Å². The lowest BCUT2D eigenvalue weighted by molar-refractivity contribution is -0.275. The van der Waals surface area contributed by atoms with Gasteiger partial charge in [-0.3, -0.25) is 0 Å². The average molecular weight is 300 g/mol. The molecule has 21 heavy (non-hydrogen) atoms. The number of benzene rings is 1. The van der Waals surface area contributed by atoms with Crippen LogP contribution in [0.3, 0.4) is 0 Å². The number of rotatable bonds is 6. The molecule has 0 aliphatic carbocycles. The zero-order valence-electron chi connectivity index (χ0n) is 11.3. The number of nitrogens with zero attached hydrogens (tertiary/aromatic N) is 2. The Labute approximate surface area is 119 Å². The number of aromatic nitrogens is 3. The van der Waals surface area contributed by atoms with Crippen molar-refractivity contribution in [1.29, 1.82) is 0 Å². The Hall–Kier alpha value is -2.09. The van der Waals surface area contributed by atoms with Gasteiger partial charge in [0.2, 0.25) is 0 Å². The predicted molar refractivity (Wildman–Crippen MR) is 69.6 cm³/mol. The monoisotopic (exact) mass is 300 g/mol. The number of ether oxygens (including phenoxy) is 1. The smallest absolute Gasteiger partial charge is 0.405 e. The van der Waals surface area contributed by atoms with Crippen molar-refractivity contribution in [3.8, 4) is 5.75 Å². The lowest BCUT2D eigenvalue weighted by Crippen LogP contribution is -2.26. The Morgan fingerprint density at radius 1 is 1.33 bits per heavy atom. The van der Waals surface area contributed by atoms with Gasteiger partial charge in [-0.2, -0.15) is 15.4 Å². The summed E-state index contributed by atoms with van der Waals surface area (Å²) >= 11 is 0. The molecule has 8 heteroatoms. The Bertz CT molecular complexity index is 557. The summed E-state index contributed by atoms with van der Waals surface area (Å²) in [6.07, 6.45) is -2.44. The van der Waals surface area contributed by atoms with Gasteiger partial charge in [-0.1, -0.05) is 25.1 Å². The van der Waals surface area contributed by atoms with Crippen LogP contribution in [0.5, 0.6) is 5.75 Å². The zero-order valence-corrected chi connectivity index (χ0v) is 11.3. The van der Waals surface area contributed by atoms with Crippen molar-refractivity contribution in [2.45, 2.75) is 25.7 Å². The Kier molecular flexibility index (Phi) is 4.79. The molecule has 1 heterocycles. The van der Waals surface area contributed by atoms with Gasteiger partial charge in [0, 0.05) is 5.56 Å². The summed E-state index contributed by atoms with van der Waals surface area (Å²) in [6, 6.07) is 5.47. The minimum atomic E-state index is -4.74. The molecule has 5 nitrogen and oxygen atoms in total. The molecule has 0 spiro atoms. The molecule has 1 atom stereocenters. The fourth-order valence-electron chi connectivity index (χ4n) is 1.95. The van der Waals surface area contributed by atoms with Gasteiger partial charge in [0.15, 0.2) is 0 Å². The van der Waals surface area contributed by atoms with E-state index in [2.05, 4.69) is 25.5 Å². The highest BCUT2D eigenvalue weighted by Gasteiger charge is 2.33. The van der Waals surface area contributed by atoms with Gasteiger partial charge < -0.3 is 10.1 Å². The maximum Gasteiger partial charge on any atom is 0.573 e.